The normalized spacial score (nSPS) is 8.53. The SMILES string of the molecule is CCC.CCC.COc1ccccc1.Cc1ccccc1.c1ccc(Oc2ccccc2)cc1. The first-order chi connectivity index (χ1) is 16.6. The van der Waals surface area contributed by atoms with Crippen molar-refractivity contribution in [2.75, 3.05) is 7.11 Å². The van der Waals surface area contributed by atoms with E-state index in [1.807, 2.05) is 109 Å². The molecule has 182 valence electrons. The molecule has 0 spiro atoms. The third-order valence-corrected chi connectivity index (χ3v) is 3.64. The first-order valence-electron chi connectivity index (χ1n) is 12.0. The Morgan fingerprint density at radius 2 is 0.706 bits per heavy atom. The van der Waals surface area contributed by atoms with E-state index >= 15 is 0 Å². The van der Waals surface area contributed by atoms with Crippen LogP contribution >= 0.6 is 0 Å². The topological polar surface area (TPSA) is 18.5 Å². The van der Waals surface area contributed by atoms with Crippen molar-refractivity contribution >= 4 is 0 Å². The number of aryl methyl sites for hydroxylation is 1. The van der Waals surface area contributed by atoms with Gasteiger partial charge in [0.25, 0.3) is 0 Å². The molecule has 0 atom stereocenters. The smallest absolute Gasteiger partial charge is 0.127 e. The van der Waals surface area contributed by atoms with Gasteiger partial charge in [-0.05, 0) is 43.3 Å². The molecule has 0 aliphatic rings. The summed E-state index contributed by atoms with van der Waals surface area (Å²) in [5.74, 6) is 2.65. The van der Waals surface area contributed by atoms with Gasteiger partial charge in [0.1, 0.15) is 17.2 Å². The van der Waals surface area contributed by atoms with Gasteiger partial charge in [-0.1, -0.05) is 131 Å². The number of hydrogen-bond acceptors (Lipinski definition) is 2. The Balaban J connectivity index is 0.000000450. The van der Waals surface area contributed by atoms with E-state index < -0.39 is 0 Å². The van der Waals surface area contributed by atoms with Gasteiger partial charge in [0.05, 0.1) is 7.11 Å². The molecule has 0 saturated heterocycles. The summed E-state index contributed by atoms with van der Waals surface area (Å²) < 4.78 is 10.5. The molecule has 0 bridgehead atoms. The predicted molar refractivity (Wildman–Crippen MR) is 149 cm³/mol. The van der Waals surface area contributed by atoms with Crippen molar-refractivity contribution < 1.29 is 9.47 Å². The molecule has 4 aromatic rings. The van der Waals surface area contributed by atoms with Crippen LogP contribution in [0.15, 0.2) is 121 Å². The largest absolute Gasteiger partial charge is 0.497 e. The van der Waals surface area contributed by atoms with Crippen molar-refractivity contribution in [2.45, 2.75) is 47.5 Å². The quantitative estimate of drug-likeness (QED) is 0.304. The summed E-state index contributed by atoms with van der Waals surface area (Å²) >= 11 is 0. The summed E-state index contributed by atoms with van der Waals surface area (Å²) in [7, 11) is 1.66. The average Bonchev–Trinajstić information content (AvgIpc) is 2.88. The maximum absolute atomic E-state index is 5.58. The monoisotopic (exact) mass is 458 g/mol. The molecule has 0 radical (unpaired) electrons. The van der Waals surface area contributed by atoms with Gasteiger partial charge in [-0.2, -0.15) is 0 Å². The van der Waals surface area contributed by atoms with Gasteiger partial charge in [-0.3, -0.25) is 0 Å². The summed E-state index contributed by atoms with van der Waals surface area (Å²) in [6, 6.07) is 39.5. The Morgan fingerprint density at radius 3 is 0.912 bits per heavy atom. The maximum Gasteiger partial charge on any atom is 0.127 e. The van der Waals surface area contributed by atoms with E-state index in [1.165, 1.54) is 18.4 Å². The molecule has 2 nitrogen and oxygen atoms in total. The van der Waals surface area contributed by atoms with Gasteiger partial charge < -0.3 is 9.47 Å². The number of ether oxygens (including phenoxy) is 2. The Bertz CT molecular complexity index is 853. The van der Waals surface area contributed by atoms with Crippen LogP contribution in [-0.4, -0.2) is 7.11 Å². The Kier molecular flexibility index (Phi) is 20.3. The zero-order valence-electron chi connectivity index (χ0n) is 21.8. The average molecular weight is 459 g/mol. The molecule has 4 rings (SSSR count). The fourth-order valence-corrected chi connectivity index (χ4v) is 2.20. The Hall–Kier alpha value is -3.52. The molecule has 0 aliphatic carbocycles. The second kappa shape index (κ2) is 22.7. The first-order valence-corrected chi connectivity index (χ1v) is 12.0. The molecule has 0 unspecified atom stereocenters. The fourth-order valence-electron chi connectivity index (χ4n) is 2.20. The molecule has 0 aromatic heterocycles. The molecule has 0 heterocycles. The zero-order valence-corrected chi connectivity index (χ0v) is 21.8. The van der Waals surface area contributed by atoms with E-state index in [0.717, 1.165) is 17.2 Å². The highest BCUT2D eigenvalue weighted by Crippen LogP contribution is 2.19. The Morgan fingerprint density at radius 1 is 0.441 bits per heavy atom. The molecular weight excluding hydrogens is 416 g/mol. The molecule has 0 aliphatic heterocycles. The van der Waals surface area contributed by atoms with Crippen molar-refractivity contribution in [1.29, 1.82) is 0 Å². The van der Waals surface area contributed by atoms with Crippen molar-refractivity contribution in [3.63, 3.8) is 0 Å². The number of rotatable bonds is 3. The number of hydrogen-bond donors (Lipinski definition) is 0. The van der Waals surface area contributed by atoms with Gasteiger partial charge in [0.15, 0.2) is 0 Å². The Labute approximate surface area is 208 Å². The summed E-state index contributed by atoms with van der Waals surface area (Å²) in [5, 5.41) is 0. The lowest BCUT2D eigenvalue weighted by molar-refractivity contribution is 0.415. The third-order valence-electron chi connectivity index (χ3n) is 3.64. The third kappa shape index (κ3) is 18.1. The molecule has 34 heavy (non-hydrogen) atoms. The standard InChI is InChI=1S/C12H10O.C7H8O.C7H8.2C3H8/c1-3-7-11(8-4-1)13-12-9-5-2-6-10-12;1-8-7-5-3-2-4-6-7;1-7-5-3-2-4-6-7;2*1-3-2/h1-10H;2-6H,1H3;2-6H,1H3;2*3H2,1-2H3. The minimum absolute atomic E-state index is 0.869. The lowest BCUT2D eigenvalue weighted by Crippen LogP contribution is -1.81. The highest BCUT2D eigenvalue weighted by molar-refractivity contribution is 5.30. The lowest BCUT2D eigenvalue weighted by Gasteiger charge is -2.03. The summed E-state index contributed by atoms with van der Waals surface area (Å²) in [6.07, 6.45) is 2.50. The number of benzene rings is 4. The van der Waals surface area contributed by atoms with Crippen LogP contribution in [0.3, 0.4) is 0 Å². The second-order valence-corrected chi connectivity index (χ2v) is 7.31. The van der Waals surface area contributed by atoms with Crippen LogP contribution in [0, 0.1) is 6.92 Å². The molecule has 4 aromatic carbocycles. The highest BCUT2D eigenvalue weighted by atomic mass is 16.5. The van der Waals surface area contributed by atoms with Crippen LogP contribution in [0.5, 0.6) is 17.2 Å². The molecule has 0 N–H and O–H groups in total. The predicted octanol–water partition coefficient (Wildman–Crippen LogP) is 10.0. The molecular formula is C32H42O2. The number of para-hydroxylation sites is 3. The summed E-state index contributed by atoms with van der Waals surface area (Å²) in [6.45, 7) is 10.6. The molecule has 2 heteroatoms. The van der Waals surface area contributed by atoms with Crippen LogP contribution in [-0.2, 0) is 0 Å². The van der Waals surface area contributed by atoms with Gasteiger partial charge in [-0.25, -0.2) is 0 Å². The van der Waals surface area contributed by atoms with Crippen molar-refractivity contribution in [2.24, 2.45) is 0 Å². The van der Waals surface area contributed by atoms with E-state index in [1.54, 1.807) is 7.11 Å². The lowest BCUT2D eigenvalue weighted by atomic mass is 10.2. The second-order valence-electron chi connectivity index (χ2n) is 7.31. The van der Waals surface area contributed by atoms with Crippen LogP contribution in [0.4, 0.5) is 0 Å². The van der Waals surface area contributed by atoms with Crippen LogP contribution in [0.25, 0.3) is 0 Å². The van der Waals surface area contributed by atoms with Crippen LogP contribution in [0.1, 0.15) is 46.1 Å². The van der Waals surface area contributed by atoms with Crippen molar-refractivity contribution in [3.05, 3.63) is 127 Å². The van der Waals surface area contributed by atoms with Gasteiger partial charge in [0, 0.05) is 0 Å². The minimum Gasteiger partial charge on any atom is -0.497 e. The van der Waals surface area contributed by atoms with E-state index in [4.69, 9.17) is 9.47 Å². The van der Waals surface area contributed by atoms with Crippen molar-refractivity contribution in [1.82, 2.24) is 0 Å². The first kappa shape index (κ1) is 30.5. The van der Waals surface area contributed by atoms with Gasteiger partial charge in [-0.15, -0.1) is 0 Å². The molecule has 0 saturated carbocycles. The summed E-state index contributed by atoms with van der Waals surface area (Å²) in [5.41, 5.74) is 1.32. The minimum atomic E-state index is 0.869. The molecule has 0 fully saturated rings. The van der Waals surface area contributed by atoms with Crippen molar-refractivity contribution in [3.8, 4) is 17.2 Å². The van der Waals surface area contributed by atoms with E-state index in [9.17, 15) is 0 Å². The zero-order chi connectivity index (χ0) is 25.3. The highest BCUT2D eigenvalue weighted by Gasteiger charge is 1.92. The maximum atomic E-state index is 5.58. The fraction of sp³-hybridized carbons (Fsp3) is 0.250. The van der Waals surface area contributed by atoms with E-state index in [-0.39, 0.29) is 0 Å². The van der Waals surface area contributed by atoms with Gasteiger partial charge in [0.2, 0.25) is 0 Å². The van der Waals surface area contributed by atoms with E-state index in [2.05, 4.69) is 46.8 Å². The molecule has 0 amide bonds. The van der Waals surface area contributed by atoms with E-state index in [0.29, 0.717) is 0 Å². The van der Waals surface area contributed by atoms with Gasteiger partial charge >= 0.3 is 0 Å². The van der Waals surface area contributed by atoms with Crippen LogP contribution in [0.2, 0.25) is 0 Å². The summed E-state index contributed by atoms with van der Waals surface area (Å²) in [4.78, 5) is 0. The number of methoxy groups -OCH3 is 1. The van der Waals surface area contributed by atoms with Crippen LogP contribution < -0.4 is 9.47 Å².